The largest absolute Gasteiger partial charge is 0.280 e. The van der Waals surface area contributed by atoms with Crippen molar-refractivity contribution in [2.24, 2.45) is 15.3 Å². The molecule has 2 aromatic carbocycles. The molecule has 1 aliphatic heterocycles. The van der Waals surface area contributed by atoms with Gasteiger partial charge in [-0.2, -0.15) is 20.3 Å². The Morgan fingerprint density at radius 2 is 1.65 bits per heavy atom. The lowest BCUT2D eigenvalue weighted by molar-refractivity contribution is -0.117. The van der Waals surface area contributed by atoms with Crippen molar-refractivity contribution in [3.8, 4) is 0 Å². The number of azo groups is 1. The SMILES string of the molecule is CC1=NN(c2ccccc2)C(=O)C1N=Nc1ccc(S(=O)(=O)Nc2ncccn2)cc1. The van der Waals surface area contributed by atoms with Crippen molar-refractivity contribution in [3.63, 3.8) is 0 Å². The van der Waals surface area contributed by atoms with Crippen LogP contribution in [-0.4, -0.2) is 36.0 Å². The summed E-state index contributed by atoms with van der Waals surface area (Å²) in [7, 11) is -3.84. The standard InChI is InChI=1S/C20H17N7O3S/c1-14-18(19(28)27(25-14)16-6-3-2-4-7-16)24-23-15-8-10-17(11-9-15)31(29,30)26-20-21-12-5-13-22-20/h2-13,18H,1H3,(H,21,22,26). The lowest BCUT2D eigenvalue weighted by atomic mass is 10.2. The van der Waals surface area contributed by atoms with Crippen molar-refractivity contribution in [2.75, 3.05) is 9.73 Å². The van der Waals surface area contributed by atoms with Gasteiger partial charge in [-0.25, -0.2) is 23.1 Å². The molecule has 0 bridgehead atoms. The van der Waals surface area contributed by atoms with Crippen LogP contribution < -0.4 is 9.73 Å². The summed E-state index contributed by atoms with van der Waals surface area (Å²) in [6.45, 7) is 1.71. The minimum absolute atomic E-state index is 0.0174. The molecule has 2 heterocycles. The number of benzene rings is 2. The number of hydrazone groups is 1. The third-order valence-electron chi connectivity index (χ3n) is 4.32. The van der Waals surface area contributed by atoms with Crippen LogP contribution in [0.4, 0.5) is 17.3 Å². The highest BCUT2D eigenvalue weighted by molar-refractivity contribution is 7.92. The number of amides is 1. The number of nitrogens with one attached hydrogen (secondary N) is 1. The molecule has 1 aromatic heterocycles. The van der Waals surface area contributed by atoms with E-state index in [0.29, 0.717) is 17.1 Å². The average Bonchev–Trinajstić information content (AvgIpc) is 3.07. The predicted octanol–water partition coefficient (Wildman–Crippen LogP) is 3.15. The third-order valence-corrected chi connectivity index (χ3v) is 5.67. The molecule has 0 aliphatic carbocycles. The number of para-hydroxylation sites is 1. The highest BCUT2D eigenvalue weighted by atomic mass is 32.2. The van der Waals surface area contributed by atoms with Crippen molar-refractivity contribution in [3.05, 3.63) is 73.1 Å². The molecule has 0 spiro atoms. The number of carbonyl (C=O) groups is 1. The molecule has 1 atom stereocenters. The lowest BCUT2D eigenvalue weighted by Gasteiger charge is -2.11. The number of carbonyl (C=O) groups excluding carboxylic acids is 1. The molecule has 4 rings (SSSR count). The molecule has 0 radical (unpaired) electrons. The molecule has 156 valence electrons. The van der Waals surface area contributed by atoms with Crippen LogP contribution in [0, 0.1) is 0 Å². The Morgan fingerprint density at radius 1 is 0.968 bits per heavy atom. The molecule has 0 fully saturated rings. The maximum atomic E-state index is 12.7. The fraction of sp³-hybridized carbons (Fsp3) is 0.100. The number of hydrogen-bond donors (Lipinski definition) is 1. The maximum Gasteiger partial charge on any atom is 0.280 e. The van der Waals surface area contributed by atoms with E-state index in [4.69, 9.17) is 0 Å². The van der Waals surface area contributed by atoms with Crippen LogP contribution in [0.3, 0.4) is 0 Å². The Balaban J connectivity index is 1.47. The molecule has 1 aliphatic rings. The second kappa shape index (κ2) is 8.40. The van der Waals surface area contributed by atoms with Crippen LogP contribution in [0.2, 0.25) is 0 Å². The molecular formula is C20H17N7O3S. The molecule has 0 saturated heterocycles. The zero-order valence-corrected chi connectivity index (χ0v) is 17.1. The van der Waals surface area contributed by atoms with Crippen LogP contribution in [0.25, 0.3) is 0 Å². The molecule has 10 nitrogen and oxygen atoms in total. The van der Waals surface area contributed by atoms with Gasteiger partial charge in [0, 0.05) is 12.4 Å². The summed E-state index contributed by atoms with van der Waals surface area (Å²) in [5, 5.41) is 13.8. The molecule has 3 aromatic rings. The van der Waals surface area contributed by atoms with E-state index in [2.05, 4.69) is 30.0 Å². The zero-order chi connectivity index (χ0) is 21.8. The highest BCUT2D eigenvalue weighted by Crippen LogP contribution is 2.24. The molecular weight excluding hydrogens is 418 g/mol. The summed E-state index contributed by atoms with van der Waals surface area (Å²) in [6.07, 6.45) is 2.87. The van der Waals surface area contributed by atoms with Gasteiger partial charge in [0.05, 0.1) is 22.0 Å². The second-order valence-electron chi connectivity index (χ2n) is 6.52. The summed E-state index contributed by atoms with van der Waals surface area (Å²) in [5.74, 6) is -0.331. The second-order valence-corrected chi connectivity index (χ2v) is 8.20. The summed E-state index contributed by atoms with van der Waals surface area (Å²) in [6, 6.07) is 15.5. The van der Waals surface area contributed by atoms with Gasteiger partial charge in [-0.15, -0.1) is 0 Å². The smallest absolute Gasteiger partial charge is 0.269 e. The molecule has 1 unspecified atom stereocenters. The van der Waals surface area contributed by atoms with Gasteiger partial charge in [0.2, 0.25) is 5.95 Å². The van der Waals surface area contributed by atoms with Gasteiger partial charge in [-0.3, -0.25) is 4.79 Å². The average molecular weight is 435 g/mol. The molecule has 1 N–H and O–H groups in total. The first-order chi connectivity index (χ1) is 14.9. The Bertz CT molecular complexity index is 1240. The molecule has 31 heavy (non-hydrogen) atoms. The van der Waals surface area contributed by atoms with E-state index in [1.165, 1.54) is 41.7 Å². The fourth-order valence-corrected chi connectivity index (χ4v) is 3.75. The van der Waals surface area contributed by atoms with Gasteiger partial charge in [0.1, 0.15) is 0 Å². The summed E-state index contributed by atoms with van der Waals surface area (Å²) >= 11 is 0. The van der Waals surface area contributed by atoms with E-state index in [1.54, 1.807) is 25.1 Å². The first-order valence-corrected chi connectivity index (χ1v) is 10.7. The molecule has 1 amide bonds. The van der Waals surface area contributed by atoms with Crippen LogP contribution in [-0.2, 0) is 14.8 Å². The molecule has 0 saturated carbocycles. The van der Waals surface area contributed by atoms with Gasteiger partial charge in [0.15, 0.2) is 6.04 Å². The van der Waals surface area contributed by atoms with E-state index in [9.17, 15) is 13.2 Å². The number of nitrogens with zero attached hydrogens (tertiary/aromatic N) is 6. The van der Waals surface area contributed by atoms with Crippen molar-refractivity contribution in [1.29, 1.82) is 0 Å². The van der Waals surface area contributed by atoms with E-state index in [-0.39, 0.29) is 16.8 Å². The molecule has 11 heteroatoms. The van der Waals surface area contributed by atoms with Crippen molar-refractivity contribution >= 4 is 39.0 Å². The van der Waals surface area contributed by atoms with E-state index < -0.39 is 16.1 Å². The van der Waals surface area contributed by atoms with Crippen molar-refractivity contribution in [2.45, 2.75) is 17.9 Å². The predicted molar refractivity (Wildman–Crippen MR) is 115 cm³/mol. The minimum Gasteiger partial charge on any atom is -0.269 e. The van der Waals surface area contributed by atoms with Gasteiger partial charge < -0.3 is 0 Å². The van der Waals surface area contributed by atoms with Gasteiger partial charge in [0.25, 0.3) is 15.9 Å². The first kappa shape index (κ1) is 20.3. The van der Waals surface area contributed by atoms with Crippen LogP contribution in [0.1, 0.15) is 6.92 Å². The number of hydrogen-bond acceptors (Lipinski definition) is 8. The summed E-state index contributed by atoms with van der Waals surface area (Å²) in [4.78, 5) is 20.4. The lowest BCUT2D eigenvalue weighted by Crippen LogP contribution is -2.29. The van der Waals surface area contributed by atoms with Crippen LogP contribution >= 0.6 is 0 Å². The number of anilines is 2. The number of sulfonamides is 1. The Hall–Kier alpha value is -3.99. The summed E-state index contributed by atoms with van der Waals surface area (Å²) < 4.78 is 27.1. The van der Waals surface area contributed by atoms with Crippen LogP contribution in [0.5, 0.6) is 0 Å². The normalized spacial score (nSPS) is 16.5. The zero-order valence-electron chi connectivity index (χ0n) is 16.3. The monoisotopic (exact) mass is 435 g/mol. The maximum absolute atomic E-state index is 12.7. The van der Waals surface area contributed by atoms with E-state index in [1.807, 2.05) is 18.2 Å². The van der Waals surface area contributed by atoms with Gasteiger partial charge >= 0.3 is 0 Å². The third kappa shape index (κ3) is 4.46. The van der Waals surface area contributed by atoms with Crippen molar-refractivity contribution in [1.82, 2.24) is 9.97 Å². The van der Waals surface area contributed by atoms with Crippen LogP contribution in [0.15, 0.2) is 93.3 Å². The topological polar surface area (TPSA) is 129 Å². The number of aromatic nitrogens is 2. The first-order valence-electron chi connectivity index (χ1n) is 9.19. The van der Waals surface area contributed by atoms with Gasteiger partial charge in [-0.1, -0.05) is 18.2 Å². The van der Waals surface area contributed by atoms with Gasteiger partial charge in [-0.05, 0) is 49.4 Å². The fourth-order valence-electron chi connectivity index (χ4n) is 2.79. The quantitative estimate of drug-likeness (QED) is 0.595. The Labute approximate surface area is 178 Å². The minimum atomic E-state index is -3.84. The summed E-state index contributed by atoms with van der Waals surface area (Å²) in [5.41, 5.74) is 1.56. The highest BCUT2D eigenvalue weighted by Gasteiger charge is 2.34. The van der Waals surface area contributed by atoms with Crippen molar-refractivity contribution < 1.29 is 13.2 Å². The Morgan fingerprint density at radius 3 is 2.32 bits per heavy atom. The van der Waals surface area contributed by atoms with E-state index in [0.717, 1.165) is 0 Å². The van der Waals surface area contributed by atoms with E-state index >= 15 is 0 Å². The number of rotatable bonds is 6. The Kier molecular flexibility index (Phi) is 5.50.